The number of carbonyl (C=O) groups is 1. The fourth-order valence-corrected chi connectivity index (χ4v) is 4.14. The fourth-order valence-electron chi connectivity index (χ4n) is 3.13. The number of hydrogen-bond donors (Lipinski definition) is 2. The van der Waals surface area contributed by atoms with Gasteiger partial charge < -0.3 is 9.87 Å². The molecule has 0 saturated heterocycles. The average Bonchev–Trinajstić information content (AvgIpc) is 3.65. The second-order valence-electron chi connectivity index (χ2n) is 8.21. The van der Waals surface area contributed by atoms with E-state index in [1.54, 1.807) is 32.2 Å². The van der Waals surface area contributed by atoms with E-state index in [0.717, 1.165) is 24.0 Å². The molecule has 1 amide bonds. The molecule has 0 bridgehead atoms. The number of carbonyl (C=O) groups excluding carboxylic acids is 1. The number of anilines is 2. The van der Waals surface area contributed by atoms with Crippen molar-refractivity contribution in [1.82, 2.24) is 9.97 Å². The molecule has 1 saturated carbocycles. The second kappa shape index (κ2) is 8.99. The highest BCUT2D eigenvalue weighted by Gasteiger charge is 2.36. The lowest BCUT2D eigenvalue weighted by Crippen LogP contribution is -2.36. The Kier molecular flexibility index (Phi) is 6.12. The Hall–Kier alpha value is -3.41. The van der Waals surface area contributed by atoms with Gasteiger partial charge in [-0.1, -0.05) is 24.3 Å². The van der Waals surface area contributed by atoms with Gasteiger partial charge in [0.15, 0.2) is 0 Å². The third kappa shape index (κ3) is 4.90. The van der Waals surface area contributed by atoms with Crippen LogP contribution < -0.4 is 10.0 Å². The van der Waals surface area contributed by atoms with E-state index in [2.05, 4.69) is 26.1 Å². The summed E-state index contributed by atoms with van der Waals surface area (Å²) < 4.78 is 14.9. The number of benzene rings is 2. The fraction of sp³-hybridized carbons (Fsp3) is 0.250. The summed E-state index contributed by atoms with van der Waals surface area (Å²) in [7, 11) is 0. The molecule has 1 unspecified atom stereocenters. The molecule has 1 aromatic heterocycles. The maximum Gasteiger partial charge on any atom is 0.265 e. The minimum atomic E-state index is -1.20. The summed E-state index contributed by atoms with van der Waals surface area (Å²) in [5.74, 6) is 0.0438. The standard InChI is InChI=1S/C24H23N5O2S/c1-24(2,21-12-13-26-23(28-21)29-32(31)20-10-11-20)22(30)27-19-8-6-17(7-9-19)18-5-3-4-16(14-18)15-25/h3-9,12-14,20H,10-11H2,1-2H3,(H,27,30)(H,26,28,29). The van der Waals surface area contributed by atoms with E-state index >= 15 is 0 Å². The number of rotatable bonds is 7. The van der Waals surface area contributed by atoms with Gasteiger partial charge in [0.25, 0.3) is 5.95 Å². The quantitative estimate of drug-likeness (QED) is 0.528. The summed E-state index contributed by atoms with van der Waals surface area (Å²) in [6.07, 6.45) is 3.44. The van der Waals surface area contributed by atoms with Crippen LogP contribution in [-0.4, -0.2) is 25.7 Å². The summed E-state index contributed by atoms with van der Waals surface area (Å²) in [5.41, 5.74) is 2.75. The van der Waals surface area contributed by atoms with Gasteiger partial charge in [0.2, 0.25) is 5.91 Å². The van der Waals surface area contributed by atoms with Crippen molar-refractivity contribution in [3.05, 3.63) is 72.1 Å². The molecule has 0 radical (unpaired) electrons. The Bertz CT molecular complexity index is 1170. The van der Waals surface area contributed by atoms with Crippen LogP contribution in [-0.2, 0) is 21.6 Å². The number of amides is 1. The molecule has 1 fully saturated rings. The molecule has 0 spiro atoms. The van der Waals surface area contributed by atoms with Gasteiger partial charge in [-0.25, -0.2) is 9.97 Å². The molecule has 32 heavy (non-hydrogen) atoms. The van der Waals surface area contributed by atoms with Gasteiger partial charge in [-0.05, 0) is 55.3 Å². The van der Waals surface area contributed by atoms with Crippen molar-refractivity contribution in [2.45, 2.75) is 37.4 Å². The highest BCUT2D eigenvalue weighted by atomic mass is 32.2. The summed E-state index contributed by atoms with van der Waals surface area (Å²) in [4.78, 5) is 21.6. The van der Waals surface area contributed by atoms with Gasteiger partial charge in [0.1, 0.15) is 5.25 Å². The maximum atomic E-state index is 13.0. The van der Waals surface area contributed by atoms with Crippen molar-refractivity contribution in [2.24, 2.45) is 0 Å². The van der Waals surface area contributed by atoms with Gasteiger partial charge in [-0.2, -0.15) is 9.98 Å². The predicted molar refractivity (Wildman–Crippen MR) is 125 cm³/mol. The average molecular weight is 446 g/mol. The molecule has 8 heteroatoms. The van der Waals surface area contributed by atoms with E-state index in [4.69, 9.17) is 5.26 Å². The van der Waals surface area contributed by atoms with Crippen LogP contribution in [0.2, 0.25) is 0 Å². The molecule has 2 N–H and O–H groups in total. The van der Waals surface area contributed by atoms with Gasteiger partial charge in [0.05, 0.1) is 34.1 Å². The smallest absolute Gasteiger partial charge is 0.265 e. The zero-order chi connectivity index (χ0) is 22.7. The molecule has 1 aliphatic rings. The van der Waals surface area contributed by atoms with Crippen molar-refractivity contribution < 1.29 is 9.35 Å². The van der Waals surface area contributed by atoms with Crippen molar-refractivity contribution in [3.63, 3.8) is 0 Å². The molecule has 4 rings (SSSR count). The first-order valence-electron chi connectivity index (χ1n) is 10.3. The molecular weight excluding hydrogens is 422 g/mol. The van der Waals surface area contributed by atoms with Crippen LogP contribution in [0.25, 0.3) is 11.1 Å². The van der Waals surface area contributed by atoms with E-state index in [0.29, 0.717) is 16.9 Å². The molecule has 1 heterocycles. The molecule has 0 aliphatic heterocycles. The Morgan fingerprint density at radius 2 is 1.91 bits per heavy atom. The van der Waals surface area contributed by atoms with Crippen LogP contribution in [0.1, 0.15) is 37.9 Å². The monoisotopic (exact) mass is 445 g/mol. The van der Waals surface area contributed by atoms with E-state index in [-0.39, 0.29) is 17.1 Å². The number of hydrogen-bond acceptors (Lipinski definition) is 6. The molecule has 1 aliphatic carbocycles. The van der Waals surface area contributed by atoms with Crippen molar-refractivity contribution >= 4 is 28.9 Å². The lowest BCUT2D eigenvalue weighted by molar-refractivity contribution is -0.120. The van der Waals surface area contributed by atoms with Gasteiger partial charge >= 0.3 is 0 Å². The van der Waals surface area contributed by atoms with E-state index in [9.17, 15) is 9.35 Å². The zero-order valence-electron chi connectivity index (χ0n) is 17.8. The van der Waals surface area contributed by atoms with E-state index < -0.39 is 16.8 Å². The topological polar surface area (TPSA) is 114 Å². The second-order valence-corrected chi connectivity index (χ2v) is 9.68. The third-order valence-electron chi connectivity index (χ3n) is 5.35. The highest BCUT2D eigenvalue weighted by molar-refractivity contribution is 7.93. The minimum absolute atomic E-state index is 0.156. The molecule has 3 aromatic rings. The first-order chi connectivity index (χ1) is 15.4. The third-order valence-corrected chi connectivity index (χ3v) is 6.81. The Morgan fingerprint density at radius 3 is 2.59 bits per heavy atom. The summed E-state index contributed by atoms with van der Waals surface area (Å²) in [6.45, 7) is 3.57. The van der Waals surface area contributed by atoms with Crippen LogP contribution in [0.4, 0.5) is 11.6 Å². The minimum Gasteiger partial charge on any atom is -0.593 e. The molecule has 2 aromatic carbocycles. The van der Waals surface area contributed by atoms with Crippen LogP contribution >= 0.6 is 0 Å². The summed E-state index contributed by atoms with van der Waals surface area (Å²) >= 11 is -1.20. The number of nitrogens with one attached hydrogen (secondary N) is 2. The normalized spacial score (nSPS) is 14.3. The van der Waals surface area contributed by atoms with E-state index in [1.807, 2.05) is 42.5 Å². The Balaban J connectivity index is 1.46. The number of nitriles is 1. The van der Waals surface area contributed by atoms with Gasteiger partial charge in [0, 0.05) is 24.7 Å². The Morgan fingerprint density at radius 1 is 1.16 bits per heavy atom. The maximum absolute atomic E-state index is 13.0. The first-order valence-corrected chi connectivity index (χ1v) is 11.5. The largest absolute Gasteiger partial charge is 0.593 e. The molecule has 162 valence electrons. The SMILES string of the molecule is CC(C)(C(=O)Nc1ccc(-c2cccc(C#N)c2)cc1)c1ccnc(N[S+]([O-])C2CC2)n1. The molecular formula is C24H23N5O2S. The van der Waals surface area contributed by atoms with Crippen molar-refractivity contribution in [3.8, 4) is 17.2 Å². The number of aromatic nitrogens is 2. The first kappa shape index (κ1) is 21.8. The Labute approximate surface area is 190 Å². The number of nitrogens with zero attached hydrogens (tertiary/aromatic N) is 3. The van der Waals surface area contributed by atoms with Crippen LogP contribution in [0.5, 0.6) is 0 Å². The van der Waals surface area contributed by atoms with Gasteiger partial charge in [-0.15, -0.1) is 0 Å². The predicted octanol–water partition coefficient (Wildman–Crippen LogP) is 4.17. The zero-order valence-corrected chi connectivity index (χ0v) is 18.6. The van der Waals surface area contributed by atoms with Crippen LogP contribution in [0.3, 0.4) is 0 Å². The molecule has 7 nitrogen and oxygen atoms in total. The van der Waals surface area contributed by atoms with Crippen molar-refractivity contribution in [2.75, 3.05) is 10.0 Å². The lowest BCUT2D eigenvalue weighted by atomic mass is 9.88. The van der Waals surface area contributed by atoms with Crippen LogP contribution in [0.15, 0.2) is 60.8 Å². The van der Waals surface area contributed by atoms with E-state index in [1.165, 1.54) is 0 Å². The van der Waals surface area contributed by atoms with Gasteiger partial charge in [-0.3, -0.25) is 4.79 Å². The summed E-state index contributed by atoms with van der Waals surface area (Å²) in [6, 6.07) is 18.7. The lowest BCUT2D eigenvalue weighted by Gasteiger charge is -2.23. The van der Waals surface area contributed by atoms with Crippen molar-refractivity contribution in [1.29, 1.82) is 5.26 Å². The highest BCUT2D eigenvalue weighted by Crippen LogP contribution is 2.30. The summed E-state index contributed by atoms with van der Waals surface area (Å²) in [5, 5.41) is 12.2. The molecule has 1 atom stereocenters. The van der Waals surface area contributed by atoms with Crippen LogP contribution in [0, 0.1) is 11.3 Å².